The first-order chi connectivity index (χ1) is 6.99. The normalized spacial score (nSPS) is 23.7. The zero-order valence-corrected chi connectivity index (χ0v) is 8.27. The Balaban J connectivity index is 2.70. The Bertz CT molecular complexity index is 440. The summed E-state index contributed by atoms with van der Waals surface area (Å²) in [6, 6.07) is 2.77. The van der Waals surface area contributed by atoms with E-state index in [2.05, 4.69) is 0 Å². The minimum absolute atomic E-state index is 0.0423. The van der Waals surface area contributed by atoms with Crippen LogP contribution in [-0.4, -0.2) is 23.3 Å². The summed E-state index contributed by atoms with van der Waals surface area (Å²) in [5, 5.41) is 18.8. The van der Waals surface area contributed by atoms with Crippen molar-refractivity contribution in [3.63, 3.8) is 0 Å². The van der Waals surface area contributed by atoms with Crippen LogP contribution in [-0.2, 0) is 15.3 Å². The summed E-state index contributed by atoms with van der Waals surface area (Å²) < 4.78 is 10.0. The Morgan fingerprint density at radius 3 is 2.67 bits per heavy atom. The highest BCUT2D eigenvalue weighted by atomic mass is 16.7. The van der Waals surface area contributed by atoms with Crippen molar-refractivity contribution in [2.75, 3.05) is 7.11 Å². The number of methoxy groups -OCH3 is 1. The number of phenolic OH excluding ortho intramolecular Hbond substituents is 2. The zero-order chi connectivity index (χ0) is 11.2. The van der Waals surface area contributed by atoms with Crippen LogP contribution < -0.4 is 0 Å². The molecule has 0 radical (unpaired) electrons. The number of benzene rings is 1. The molecule has 0 unspecified atom stereocenters. The maximum Gasteiger partial charge on any atom is 0.345 e. The van der Waals surface area contributed by atoms with Crippen LogP contribution in [0.4, 0.5) is 0 Å². The Labute approximate surface area is 85.9 Å². The molecule has 1 aliphatic rings. The summed E-state index contributed by atoms with van der Waals surface area (Å²) in [5.74, 6) is -2.73. The van der Waals surface area contributed by atoms with E-state index in [1.807, 2.05) is 0 Å². The first-order valence-electron chi connectivity index (χ1n) is 4.33. The fourth-order valence-corrected chi connectivity index (χ4v) is 1.60. The first kappa shape index (κ1) is 9.79. The molecule has 0 fully saturated rings. The fraction of sp³-hybridized carbons (Fsp3) is 0.300. The number of hydrogen-bond donors (Lipinski definition) is 2. The van der Waals surface area contributed by atoms with E-state index in [9.17, 15) is 15.0 Å². The summed E-state index contributed by atoms with van der Waals surface area (Å²) in [7, 11) is 1.40. The van der Waals surface area contributed by atoms with E-state index in [0.717, 1.165) is 0 Å². The molecule has 80 valence electrons. The third-order valence-corrected chi connectivity index (χ3v) is 2.53. The van der Waals surface area contributed by atoms with Crippen molar-refractivity contribution in [3.05, 3.63) is 23.3 Å². The van der Waals surface area contributed by atoms with Gasteiger partial charge in [-0.25, -0.2) is 4.79 Å². The van der Waals surface area contributed by atoms with Crippen molar-refractivity contribution < 1.29 is 24.5 Å². The standard InChI is InChI=1S/C10H10O5/c1-10(14-2)5-3-4-6(11)8(12)7(5)9(13)15-10/h3-4,11-12H,1-2H3/t10-/m0/s1. The lowest BCUT2D eigenvalue weighted by molar-refractivity contribution is -0.172. The number of fused-ring (bicyclic) bond motifs is 1. The second kappa shape index (κ2) is 2.87. The summed E-state index contributed by atoms with van der Waals surface area (Å²) in [6.07, 6.45) is 0. The molecule has 0 saturated heterocycles. The molecule has 0 aliphatic carbocycles. The van der Waals surface area contributed by atoms with Crippen LogP contribution in [0.1, 0.15) is 22.8 Å². The molecule has 5 heteroatoms. The van der Waals surface area contributed by atoms with Crippen molar-refractivity contribution in [1.82, 2.24) is 0 Å². The monoisotopic (exact) mass is 210 g/mol. The number of carbonyl (C=O) groups excluding carboxylic acids is 1. The van der Waals surface area contributed by atoms with Crippen molar-refractivity contribution in [2.24, 2.45) is 0 Å². The Kier molecular flexibility index (Phi) is 1.87. The fourth-order valence-electron chi connectivity index (χ4n) is 1.60. The van der Waals surface area contributed by atoms with Crippen LogP contribution in [0.5, 0.6) is 11.5 Å². The maximum atomic E-state index is 11.4. The van der Waals surface area contributed by atoms with Gasteiger partial charge in [0.25, 0.3) is 0 Å². The van der Waals surface area contributed by atoms with Gasteiger partial charge in [0.15, 0.2) is 11.5 Å². The van der Waals surface area contributed by atoms with E-state index in [1.165, 1.54) is 19.2 Å². The topological polar surface area (TPSA) is 76.0 Å². The maximum absolute atomic E-state index is 11.4. The van der Waals surface area contributed by atoms with Crippen molar-refractivity contribution in [1.29, 1.82) is 0 Å². The summed E-state index contributed by atoms with van der Waals surface area (Å²) >= 11 is 0. The minimum atomic E-state index is -1.20. The quantitative estimate of drug-likeness (QED) is 0.536. The first-order valence-corrected chi connectivity index (χ1v) is 4.33. The van der Waals surface area contributed by atoms with Gasteiger partial charge >= 0.3 is 5.97 Å². The highest BCUT2D eigenvalue weighted by Gasteiger charge is 2.44. The van der Waals surface area contributed by atoms with Crippen LogP contribution in [0.2, 0.25) is 0 Å². The molecule has 0 amide bonds. The van der Waals surface area contributed by atoms with Crippen LogP contribution in [0.15, 0.2) is 12.1 Å². The number of aromatic hydroxyl groups is 2. The van der Waals surface area contributed by atoms with E-state index in [1.54, 1.807) is 6.92 Å². The highest BCUT2D eigenvalue weighted by Crippen LogP contribution is 2.43. The molecule has 0 saturated carbocycles. The Hall–Kier alpha value is -1.75. The molecule has 1 heterocycles. The van der Waals surface area contributed by atoms with Crippen molar-refractivity contribution >= 4 is 5.97 Å². The number of cyclic esters (lactones) is 1. The summed E-state index contributed by atoms with van der Waals surface area (Å²) in [5.41, 5.74) is 0.365. The number of esters is 1. The largest absolute Gasteiger partial charge is 0.504 e. The molecule has 0 bridgehead atoms. The van der Waals surface area contributed by atoms with E-state index in [-0.39, 0.29) is 11.3 Å². The lowest BCUT2D eigenvalue weighted by atomic mass is 10.0. The van der Waals surface area contributed by atoms with E-state index in [4.69, 9.17) is 9.47 Å². The predicted molar refractivity (Wildman–Crippen MR) is 49.5 cm³/mol. The third kappa shape index (κ3) is 1.16. The van der Waals surface area contributed by atoms with Gasteiger partial charge in [0, 0.05) is 19.6 Å². The lowest BCUT2D eigenvalue weighted by Gasteiger charge is -2.21. The number of ether oxygens (including phenoxy) is 2. The second-order valence-electron chi connectivity index (χ2n) is 3.40. The average Bonchev–Trinajstić information content (AvgIpc) is 2.46. The van der Waals surface area contributed by atoms with Gasteiger partial charge in [-0.15, -0.1) is 0 Å². The number of carbonyl (C=O) groups is 1. The highest BCUT2D eigenvalue weighted by molar-refractivity contribution is 5.98. The number of hydrogen-bond acceptors (Lipinski definition) is 5. The van der Waals surface area contributed by atoms with Gasteiger partial charge in [0.05, 0.1) is 0 Å². The molecule has 5 nitrogen and oxygen atoms in total. The van der Waals surface area contributed by atoms with Gasteiger partial charge in [-0.2, -0.15) is 0 Å². The average molecular weight is 210 g/mol. The van der Waals surface area contributed by atoms with E-state index < -0.39 is 17.5 Å². The number of phenols is 2. The van der Waals surface area contributed by atoms with Gasteiger partial charge in [-0.3, -0.25) is 0 Å². The van der Waals surface area contributed by atoms with Crippen LogP contribution in [0, 0.1) is 0 Å². The molecule has 2 N–H and O–H groups in total. The zero-order valence-electron chi connectivity index (χ0n) is 8.27. The second-order valence-corrected chi connectivity index (χ2v) is 3.40. The lowest BCUT2D eigenvalue weighted by Crippen LogP contribution is -2.23. The molecule has 1 atom stereocenters. The Morgan fingerprint density at radius 2 is 2.07 bits per heavy atom. The van der Waals surface area contributed by atoms with Crippen molar-refractivity contribution in [3.8, 4) is 11.5 Å². The van der Waals surface area contributed by atoms with E-state index >= 15 is 0 Å². The molecule has 2 rings (SSSR count). The minimum Gasteiger partial charge on any atom is -0.504 e. The SMILES string of the molecule is CO[C@@]1(C)OC(=O)c2c1ccc(O)c2O. The molecule has 1 aliphatic heterocycles. The molecular weight excluding hydrogens is 200 g/mol. The molecule has 0 spiro atoms. The molecule has 1 aromatic rings. The smallest absolute Gasteiger partial charge is 0.345 e. The van der Waals surface area contributed by atoms with Crippen molar-refractivity contribution in [2.45, 2.75) is 12.7 Å². The number of rotatable bonds is 1. The van der Waals surface area contributed by atoms with Gasteiger partial charge in [0.1, 0.15) is 5.56 Å². The molecule has 1 aromatic carbocycles. The van der Waals surface area contributed by atoms with E-state index in [0.29, 0.717) is 5.56 Å². The van der Waals surface area contributed by atoms with Gasteiger partial charge in [-0.1, -0.05) is 0 Å². The summed E-state index contributed by atoms with van der Waals surface area (Å²) in [4.78, 5) is 11.4. The third-order valence-electron chi connectivity index (χ3n) is 2.53. The molecule has 15 heavy (non-hydrogen) atoms. The van der Waals surface area contributed by atoms with Gasteiger partial charge in [-0.05, 0) is 12.1 Å². The Morgan fingerprint density at radius 1 is 1.40 bits per heavy atom. The molecular formula is C10H10O5. The van der Waals surface area contributed by atoms with Crippen LogP contribution >= 0.6 is 0 Å². The van der Waals surface area contributed by atoms with Crippen LogP contribution in [0.25, 0.3) is 0 Å². The van der Waals surface area contributed by atoms with Gasteiger partial charge < -0.3 is 19.7 Å². The molecule has 0 aromatic heterocycles. The predicted octanol–water partition coefficient (Wildman–Crippen LogP) is 1.09. The van der Waals surface area contributed by atoms with Gasteiger partial charge in [0.2, 0.25) is 5.79 Å². The van der Waals surface area contributed by atoms with Crippen LogP contribution in [0.3, 0.4) is 0 Å². The summed E-state index contributed by atoms with van der Waals surface area (Å²) in [6.45, 7) is 1.56.